The molecule has 0 atom stereocenters. The van der Waals surface area contributed by atoms with Gasteiger partial charge in [-0.1, -0.05) is 12.2 Å². The van der Waals surface area contributed by atoms with Gasteiger partial charge in [0, 0.05) is 18.2 Å². The highest BCUT2D eigenvalue weighted by atomic mass is 16.4. The average molecular weight is 257 g/mol. The van der Waals surface area contributed by atoms with E-state index in [9.17, 15) is 9.59 Å². The number of fused-ring (bicyclic) bond motifs is 1. The van der Waals surface area contributed by atoms with Crippen molar-refractivity contribution >= 4 is 17.6 Å². The fourth-order valence-electron chi connectivity index (χ4n) is 2.80. The predicted molar refractivity (Wildman–Crippen MR) is 71.3 cm³/mol. The van der Waals surface area contributed by atoms with Crippen LogP contribution in [-0.4, -0.2) is 23.5 Å². The summed E-state index contributed by atoms with van der Waals surface area (Å²) in [6.07, 6.45) is 6.47. The highest BCUT2D eigenvalue weighted by Crippen LogP contribution is 2.32. The van der Waals surface area contributed by atoms with Crippen LogP contribution in [0.5, 0.6) is 0 Å². The maximum absolute atomic E-state index is 12.4. The molecule has 1 heterocycles. The Labute approximate surface area is 111 Å². The van der Waals surface area contributed by atoms with Crippen molar-refractivity contribution in [3.63, 3.8) is 0 Å². The third-order valence-electron chi connectivity index (χ3n) is 3.85. The Morgan fingerprint density at radius 2 is 1.95 bits per heavy atom. The standard InChI is InChI=1S/C15H15NO3/c17-14(10-3-1-2-4-10)16-8-7-11-9-12(15(18)19)5-6-13(11)16/h1-2,5-6,9-10H,3-4,7-8H2,(H,18,19). The Balaban J connectivity index is 1.86. The second kappa shape index (κ2) is 4.53. The highest BCUT2D eigenvalue weighted by molar-refractivity contribution is 5.98. The summed E-state index contributed by atoms with van der Waals surface area (Å²) in [5.41, 5.74) is 2.12. The summed E-state index contributed by atoms with van der Waals surface area (Å²) >= 11 is 0. The molecule has 0 bridgehead atoms. The van der Waals surface area contributed by atoms with E-state index in [0.29, 0.717) is 6.54 Å². The van der Waals surface area contributed by atoms with Crippen molar-refractivity contribution in [2.45, 2.75) is 19.3 Å². The van der Waals surface area contributed by atoms with Gasteiger partial charge in [0.15, 0.2) is 0 Å². The van der Waals surface area contributed by atoms with Gasteiger partial charge in [-0.2, -0.15) is 0 Å². The minimum atomic E-state index is -0.924. The van der Waals surface area contributed by atoms with Gasteiger partial charge >= 0.3 is 5.97 Å². The van der Waals surface area contributed by atoms with Gasteiger partial charge in [0.25, 0.3) is 0 Å². The fraction of sp³-hybridized carbons (Fsp3) is 0.333. The number of carbonyl (C=O) groups is 2. The Morgan fingerprint density at radius 1 is 1.21 bits per heavy atom. The number of rotatable bonds is 2. The number of benzene rings is 1. The second-order valence-corrected chi connectivity index (χ2v) is 5.03. The number of hydrogen-bond donors (Lipinski definition) is 1. The van der Waals surface area contributed by atoms with Crippen LogP contribution in [-0.2, 0) is 11.2 Å². The summed E-state index contributed by atoms with van der Waals surface area (Å²) < 4.78 is 0. The van der Waals surface area contributed by atoms with Crippen LogP contribution in [0, 0.1) is 5.92 Å². The van der Waals surface area contributed by atoms with Crippen molar-refractivity contribution in [2.75, 3.05) is 11.4 Å². The monoisotopic (exact) mass is 257 g/mol. The van der Waals surface area contributed by atoms with Crippen LogP contribution in [0.3, 0.4) is 0 Å². The van der Waals surface area contributed by atoms with E-state index in [1.807, 2.05) is 12.2 Å². The van der Waals surface area contributed by atoms with Crippen LogP contribution in [0.4, 0.5) is 5.69 Å². The third kappa shape index (κ3) is 2.03. The summed E-state index contributed by atoms with van der Waals surface area (Å²) in [4.78, 5) is 25.1. The van der Waals surface area contributed by atoms with Crippen molar-refractivity contribution in [1.29, 1.82) is 0 Å². The first-order valence-corrected chi connectivity index (χ1v) is 6.49. The van der Waals surface area contributed by atoms with Crippen LogP contribution in [0.15, 0.2) is 30.4 Å². The number of nitrogens with zero attached hydrogens (tertiary/aromatic N) is 1. The van der Waals surface area contributed by atoms with Gasteiger partial charge in [-0.25, -0.2) is 4.79 Å². The Kier molecular flexibility index (Phi) is 2.85. The number of anilines is 1. The van der Waals surface area contributed by atoms with Gasteiger partial charge in [0.1, 0.15) is 0 Å². The summed E-state index contributed by atoms with van der Waals surface area (Å²) in [5.74, 6) is -0.704. The first-order valence-electron chi connectivity index (χ1n) is 6.49. The van der Waals surface area contributed by atoms with E-state index < -0.39 is 5.97 Å². The molecule has 1 amide bonds. The lowest BCUT2D eigenvalue weighted by Gasteiger charge is -2.21. The van der Waals surface area contributed by atoms with Gasteiger partial charge in [-0.15, -0.1) is 0 Å². The van der Waals surface area contributed by atoms with E-state index in [1.54, 1.807) is 23.1 Å². The maximum Gasteiger partial charge on any atom is 0.335 e. The summed E-state index contributed by atoms with van der Waals surface area (Å²) in [5, 5.41) is 8.97. The molecule has 1 aromatic rings. The van der Waals surface area contributed by atoms with Crippen molar-refractivity contribution in [2.24, 2.45) is 5.92 Å². The molecule has 0 aromatic heterocycles. The number of carboxylic acid groups (broad SMARTS) is 1. The number of hydrogen-bond acceptors (Lipinski definition) is 2. The van der Waals surface area contributed by atoms with E-state index in [0.717, 1.165) is 30.5 Å². The second-order valence-electron chi connectivity index (χ2n) is 5.03. The lowest BCUT2D eigenvalue weighted by atomic mass is 10.1. The minimum Gasteiger partial charge on any atom is -0.478 e. The summed E-state index contributed by atoms with van der Waals surface area (Å²) in [7, 11) is 0. The Morgan fingerprint density at radius 3 is 2.63 bits per heavy atom. The highest BCUT2D eigenvalue weighted by Gasteiger charge is 2.30. The minimum absolute atomic E-state index is 0.0603. The zero-order chi connectivity index (χ0) is 13.4. The average Bonchev–Trinajstić information content (AvgIpc) is 3.06. The molecule has 0 fully saturated rings. The van der Waals surface area contributed by atoms with Crippen LogP contribution in [0.2, 0.25) is 0 Å². The molecule has 4 nitrogen and oxygen atoms in total. The fourth-order valence-corrected chi connectivity index (χ4v) is 2.80. The lowest BCUT2D eigenvalue weighted by molar-refractivity contribution is -0.121. The number of carbonyl (C=O) groups excluding carboxylic acids is 1. The van der Waals surface area contributed by atoms with Gasteiger partial charge < -0.3 is 10.0 Å². The van der Waals surface area contributed by atoms with E-state index >= 15 is 0 Å². The molecule has 1 aliphatic heterocycles. The van der Waals surface area contributed by atoms with Gasteiger partial charge in [-0.05, 0) is 43.0 Å². The number of carboxylic acids is 1. The molecule has 98 valence electrons. The van der Waals surface area contributed by atoms with Gasteiger partial charge in [0.05, 0.1) is 5.56 Å². The van der Waals surface area contributed by atoms with E-state index in [-0.39, 0.29) is 17.4 Å². The van der Waals surface area contributed by atoms with Crippen LogP contribution >= 0.6 is 0 Å². The molecule has 1 aliphatic carbocycles. The molecule has 1 N–H and O–H groups in total. The third-order valence-corrected chi connectivity index (χ3v) is 3.85. The Hall–Kier alpha value is -2.10. The molecule has 0 saturated heterocycles. The molecule has 19 heavy (non-hydrogen) atoms. The molecule has 0 saturated carbocycles. The molecule has 0 radical (unpaired) electrons. The van der Waals surface area contributed by atoms with E-state index in [2.05, 4.69) is 0 Å². The van der Waals surface area contributed by atoms with Gasteiger partial charge in [-0.3, -0.25) is 4.79 Å². The number of aromatic carboxylic acids is 1. The quantitative estimate of drug-likeness (QED) is 0.827. The topological polar surface area (TPSA) is 57.6 Å². The lowest BCUT2D eigenvalue weighted by Crippen LogP contribution is -2.33. The Bertz CT molecular complexity index is 569. The van der Waals surface area contributed by atoms with Crippen molar-refractivity contribution in [1.82, 2.24) is 0 Å². The summed E-state index contributed by atoms with van der Waals surface area (Å²) in [6.45, 7) is 0.660. The molecular formula is C15H15NO3. The van der Waals surface area contributed by atoms with Crippen molar-refractivity contribution < 1.29 is 14.7 Å². The predicted octanol–water partition coefficient (Wildman–Crippen LogP) is 2.24. The molecule has 0 unspecified atom stereocenters. The first kappa shape index (κ1) is 12.0. The normalized spacial score (nSPS) is 17.8. The van der Waals surface area contributed by atoms with Gasteiger partial charge in [0.2, 0.25) is 5.91 Å². The molecule has 3 rings (SSSR count). The smallest absolute Gasteiger partial charge is 0.335 e. The molecule has 0 spiro atoms. The molecule has 4 heteroatoms. The molecule has 2 aliphatic rings. The molecule has 1 aromatic carbocycles. The van der Waals surface area contributed by atoms with Crippen LogP contribution in [0.1, 0.15) is 28.8 Å². The summed E-state index contributed by atoms with van der Waals surface area (Å²) in [6, 6.07) is 5.00. The first-order chi connectivity index (χ1) is 9.16. The van der Waals surface area contributed by atoms with E-state index in [4.69, 9.17) is 5.11 Å². The number of allylic oxidation sites excluding steroid dienone is 2. The van der Waals surface area contributed by atoms with E-state index in [1.165, 1.54) is 0 Å². The number of amides is 1. The maximum atomic E-state index is 12.4. The molecular weight excluding hydrogens is 242 g/mol. The van der Waals surface area contributed by atoms with Crippen molar-refractivity contribution in [3.05, 3.63) is 41.5 Å². The largest absolute Gasteiger partial charge is 0.478 e. The van der Waals surface area contributed by atoms with Crippen LogP contribution < -0.4 is 4.90 Å². The zero-order valence-corrected chi connectivity index (χ0v) is 10.5. The SMILES string of the molecule is O=C(O)c1ccc2c(c1)CCN2C(=O)C1CC=CC1. The van der Waals surface area contributed by atoms with Crippen LogP contribution in [0.25, 0.3) is 0 Å². The zero-order valence-electron chi connectivity index (χ0n) is 10.5. The van der Waals surface area contributed by atoms with Crippen molar-refractivity contribution in [3.8, 4) is 0 Å².